The third kappa shape index (κ3) is 5.77. The van der Waals surface area contributed by atoms with Gasteiger partial charge in [-0.15, -0.1) is 24.0 Å². The Bertz CT molecular complexity index is 622. The highest BCUT2D eigenvalue weighted by Gasteiger charge is 2.16. The van der Waals surface area contributed by atoms with E-state index < -0.39 is 0 Å². The number of rotatable bonds is 6. The van der Waals surface area contributed by atoms with Gasteiger partial charge in [-0.1, -0.05) is 18.1 Å². The molecule has 0 saturated carbocycles. The molecule has 2 N–H and O–H groups in total. The summed E-state index contributed by atoms with van der Waals surface area (Å²) in [6.45, 7) is 10.3. The van der Waals surface area contributed by atoms with Crippen molar-refractivity contribution in [2.24, 2.45) is 4.99 Å². The van der Waals surface area contributed by atoms with Crippen molar-refractivity contribution in [3.8, 4) is 0 Å². The first-order chi connectivity index (χ1) is 11.1. The van der Waals surface area contributed by atoms with Crippen molar-refractivity contribution < 1.29 is 4.52 Å². The molecule has 7 heteroatoms. The number of nitrogens with one attached hydrogen (secondary N) is 2. The maximum Gasteiger partial charge on any atom is 0.191 e. The average Bonchev–Trinajstić information content (AvgIpc) is 2.89. The van der Waals surface area contributed by atoms with E-state index in [1.807, 2.05) is 32.0 Å². The molecule has 0 radical (unpaired) electrons. The van der Waals surface area contributed by atoms with E-state index >= 15 is 0 Å². The van der Waals surface area contributed by atoms with Crippen molar-refractivity contribution in [2.45, 2.75) is 40.2 Å². The molecular formula is C17H26IN5O. The van der Waals surface area contributed by atoms with Crippen LogP contribution in [0, 0.1) is 13.8 Å². The van der Waals surface area contributed by atoms with Crippen LogP contribution in [0.4, 0.5) is 0 Å². The van der Waals surface area contributed by atoms with Crippen LogP contribution in [0.3, 0.4) is 0 Å². The molecule has 132 valence electrons. The topological polar surface area (TPSA) is 75.3 Å². The zero-order valence-corrected chi connectivity index (χ0v) is 17.0. The molecule has 0 saturated heterocycles. The van der Waals surface area contributed by atoms with Crippen molar-refractivity contribution >= 4 is 29.9 Å². The van der Waals surface area contributed by atoms with Crippen LogP contribution in [0.2, 0.25) is 0 Å². The molecule has 2 heterocycles. The molecule has 0 amide bonds. The lowest BCUT2D eigenvalue weighted by molar-refractivity contribution is 0.391. The molecule has 0 aliphatic rings. The lowest BCUT2D eigenvalue weighted by Crippen LogP contribution is -2.39. The van der Waals surface area contributed by atoms with Crippen molar-refractivity contribution in [1.29, 1.82) is 0 Å². The number of guanidine groups is 1. The summed E-state index contributed by atoms with van der Waals surface area (Å²) in [7, 11) is 0. The molecule has 2 rings (SSSR count). The standard InChI is InChI=1S/C17H25N5O.HI/c1-5-18-17(21-11-15-8-6-7-9-19-15)20-10-12(2)16-13(3)22-23-14(16)4;/h6-9,12H,5,10-11H2,1-4H3,(H2,18,20,21);1H. The normalized spacial score (nSPS) is 12.4. The van der Waals surface area contributed by atoms with E-state index in [0.29, 0.717) is 12.5 Å². The van der Waals surface area contributed by atoms with Gasteiger partial charge in [0.2, 0.25) is 0 Å². The molecule has 0 fully saturated rings. The monoisotopic (exact) mass is 443 g/mol. The summed E-state index contributed by atoms with van der Waals surface area (Å²) >= 11 is 0. The predicted molar refractivity (Wildman–Crippen MR) is 107 cm³/mol. The molecule has 2 aromatic rings. The number of nitrogens with zero attached hydrogens (tertiary/aromatic N) is 3. The van der Waals surface area contributed by atoms with Crippen LogP contribution >= 0.6 is 24.0 Å². The van der Waals surface area contributed by atoms with Gasteiger partial charge in [-0.3, -0.25) is 4.98 Å². The predicted octanol–water partition coefficient (Wildman–Crippen LogP) is 3.16. The highest BCUT2D eigenvalue weighted by Crippen LogP contribution is 2.22. The minimum Gasteiger partial charge on any atom is -0.361 e. The molecule has 0 aliphatic heterocycles. The Morgan fingerprint density at radius 1 is 1.29 bits per heavy atom. The van der Waals surface area contributed by atoms with Gasteiger partial charge in [-0.2, -0.15) is 0 Å². The Morgan fingerprint density at radius 3 is 2.67 bits per heavy atom. The first kappa shape index (κ1) is 20.4. The highest BCUT2D eigenvalue weighted by atomic mass is 127. The van der Waals surface area contributed by atoms with Gasteiger partial charge in [0.15, 0.2) is 5.96 Å². The van der Waals surface area contributed by atoms with E-state index in [-0.39, 0.29) is 24.0 Å². The van der Waals surface area contributed by atoms with Crippen LogP contribution in [0.25, 0.3) is 0 Å². The molecule has 24 heavy (non-hydrogen) atoms. The second-order valence-corrected chi connectivity index (χ2v) is 5.54. The van der Waals surface area contributed by atoms with Gasteiger partial charge >= 0.3 is 0 Å². The van der Waals surface area contributed by atoms with E-state index in [1.165, 1.54) is 0 Å². The number of pyridine rings is 1. The number of hydrogen-bond donors (Lipinski definition) is 2. The number of aliphatic imine (C=N–C) groups is 1. The van der Waals surface area contributed by atoms with Crippen LogP contribution < -0.4 is 10.6 Å². The van der Waals surface area contributed by atoms with Gasteiger partial charge < -0.3 is 15.2 Å². The third-order valence-corrected chi connectivity index (χ3v) is 3.63. The van der Waals surface area contributed by atoms with Gasteiger partial charge in [0, 0.05) is 30.8 Å². The Kier molecular flexibility index (Phi) is 8.73. The molecule has 0 aromatic carbocycles. The van der Waals surface area contributed by atoms with Crippen LogP contribution in [0.15, 0.2) is 33.9 Å². The fourth-order valence-electron chi connectivity index (χ4n) is 2.54. The molecule has 6 nitrogen and oxygen atoms in total. The molecule has 0 bridgehead atoms. The zero-order chi connectivity index (χ0) is 16.7. The van der Waals surface area contributed by atoms with Crippen molar-refractivity contribution in [2.75, 3.05) is 13.1 Å². The molecular weight excluding hydrogens is 417 g/mol. The fourth-order valence-corrected chi connectivity index (χ4v) is 2.54. The lowest BCUT2D eigenvalue weighted by Gasteiger charge is -2.16. The number of hydrogen-bond acceptors (Lipinski definition) is 4. The van der Waals surface area contributed by atoms with Gasteiger partial charge in [0.25, 0.3) is 0 Å². The van der Waals surface area contributed by atoms with Gasteiger partial charge in [0.1, 0.15) is 5.76 Å². The van der Waals surface area contributed by atoms with Crippen molar-refractivity contribution in [3.63, 3.8) is 0 Å². The minimum atomic E-state index is 0. The zero-order valence-electron chi connectivity index (χ0n) is 14.7. The maximum atomic E-state index is 5.24. The van der Waals surface area contributed by atoms with E-state index in [2.05, 4.69) is 39.6 Å². The summed E-state index contributed by atoms with van der Waals surface area (Å²) in [5.74, 6) is 1.96. The molecule has 0 spiro atoms. The maximum absolute atomic E-state index is 5.24. The largest absolute Gasteiger partial charge is 0.361 e. The van der Waals surface area contributed by atoms with E-state index in [9.17, 15) is 0 Å². The summed E-state index contributed by atoms with van der Waals surface area (Å²) in [5, 5.41) is 10.6. The fraction of sp³-hybridized carbons (Fsp3) is 0.471. The second kappa shape index (κ2) is 10.3. The number of halogens is 1. The van der Waals surface area contributed by atoms with Crippen LogP contribution in [-0.4, -0.2) is 29.2 Å². The third-order valence-electron chi connectivity index (χ3n) is 3.63. The first-order valence-corrected chi connectivity index (χ1v) is 7.96. The van der Waals surface area contributed by atoms with E-state index in [1.54, 1.807) is 6.20 Å². The first-order valence-electron chi connectivity index (χ1n) is 7.96. The quantitative estimate of drug-likeness (QED) is 0.408. The number of aryl methyl sites for hydroxylation is 2. The van der Waals surface area contributed by atoms with Crippen molar-refractivity contribution in [3.05, 3.63) is 47.1 Å². The SMILES string of the molecule is CCNC(=NCc1ccccn1)NCC(C)c1c(C)noc1C.I. The van der Waals surface area contributed by atoms with Crippen LogP contribution in [0.1, 0.15) is 42.5 Å². The van der Waals surface area contributed by atoms with Gasteiger partial charge in [-0.05, 0) is 32.9 Å². The van der Waals surface area contributed by atoms with Crippen LogP contribution in [-0.2, 0) is 6.54 Å². The summed E-state index contributed by atoms with van der Waals surface area (Å²) in [6, 6.07) is 5.85. The molecule has 1 atom stereocenters. The molecule has 0 aliphatic carbocycles. The minimum absolute atomic E-state index is 0. The van der Waals surface area contributed by atoms with Gasteiger partial charge in [-0.25, -0.2) is 4.99 Å². The summed E-state index contributed by atoms with van der Waals surface area (Å²) in [6.07, 6.45) is 1.78. The van der Waals surface area contributed by atoms with E-state index in [0.717, 1.165) is 41.8 Å². The highest BCUT2D eigenvalue weighted by molar-refractivity contribution is 14.0. The summed E-state index contributed by atoms with van der Waals surface area (Å²) < 4.78 is 5.24. The second-order valence-electron chi connectivity index (χ2n) is 5.54. The summed E-state index contributed by atoms with van der Waals surface area (Å²) in [5.41, 5.74) is 3.06. The lowest BCUT2D eigenvalue weighted by atomic mass is 10.00. The Hall–Kier alpha value is -1.64. The summed E-state index contributed by atoms with van der Waals surface area (Å²) in [4.78, 5) is 8.86. The Labute approximate surface area is 160 Å². The molecule has 2 aromatic heterocycles. The number of aromatic nitrogens is 2. The molecule has 1 unspecified atom stereocenters. The average molecular weight is 443 g/mol. The Morgan fingerprint density at radius 2 is 2.08 bits per heavy atom. The van der Waals surface area contributed by atoms with E-state index in [4.69, 9.17) is 4.52 Å². The van der Waals surface area contributed by atoms with Gasteiger partial charge in [0.05, 0.1) is 17.9 Å². The Balaban J connectivity index is 0.00000288. The van der Waals surface area contributed by atoms with Crippen molar-refractivity contribution in [1.82, 2.24) is 20.8 Å². The smallest absolute Gasteiger partial charge is 0.191 e. The van der Waals surface area contributed by atoms with Crippen LogP contribution in [0.5, 0.6) is 0 Å².